The number of carbonyl (C=O) groups excluding carboxylic acids is 1. The number of hydrogen-bond donors (Lipinski definition) is 1. The first-order chi connectivity index (χ1) is 13.5. The predicted octanol–water partition coefficient (Wildman–Crippen LogP) is 4.66. The molecular formula is C20H15F5N2O2. The molecule has 1 aromatic heterocycles. The molecule has 0 fully saturated rings. The van der Waals surface area contributed by atoms with Crippen LogP contribution >= 0.6 is 0 Å². The second kappa shape index (κ2) is 7.31. The van der Waals surface area contributed by atoms with E-state index >= 15 is 0 Å². The van der Waals surface area contributed by atoms with Crippen molar-refractivity contribution in [3.8, 4) is 0 Å². The maximum atomic E-state index is 13.7. The van der Waals surface area contributed by atoms with Crippen LogP contribution < -0.4 is 5.56 Å². The lowest BCUT2D eigenvalue weighted by Crippen LogP contribution is -2.30. The molecule has 3 rings (SSSR count). The maximum absolute atomic E-state index is 13.7. The topological polar surface area (TPSA) is 53.2 Å². The number of pyridine rings is 1. The van der Waals surface area contributed by atoms with Crippen molar-refractivity contribution in [2.75, 3.05) is 7.05 Å². The number of fused-ring (bicyclic) bond motifs is 1. The zero-order valence-corrected chi connectivity index (χ0v) is 15.3. The second-order valence-electron chi connectivity index (χ2n) is 6.55. The lowest BCUT2D eigenvalue weighted by molar-refractivity contribution is -0.137. The third kappa shape index (κ3) is 3.85. The fourth-order valence-corrected chi connectivity index (χ4v) is 3.01. The van der Waals surface area contributed by atoms with Gasteiger partial charge in [0.1, 0.15) is 0 Å². The summed E-state index contributed by atoms with van der Waals surface area (Å²) < 4.78 is 65.3. The fourth-order valence-electron chi connectivity index (χ4n) is 3.01. The molecular weight excluding hydrogens is 395 g/mol. The molecule has 0 radical (unpaired) electrons. The van der Waals surface area contributed by atoms with Crippen LogP contribution in [0.3, 0.4) is 0 Å². The van der Waals surface area contributed by atoms with Crippen molar-refractivity contribution >= 4 is 16.7 Å². The molecule has 152 valence electrons. The molecule has 0 aliphatic rings. The van der Waals surface area contributed by atoms with Crippen LogP contribution in [0.15, 0.2) is 47.4 Å². The quantitative estimate of drug-likeness (QED) is 0.639. The number of aromatic nitrogens is 1. The number of hydrogen-bond acceptors (Lipinski definition) is 2. The van der Waals surface area contributed by atoms with E-state index in [1.165, 1.54) is 18.1 Å². The summed E-state index contributed by atoms with van der Waals surface area (Å²) in [7, 11) is 1.42. The van der Waals surface area contributed by atoms with Gasteiger partial charge in [0.2, 0.25) is 0 Å². The summed E-state index contributed by atoms with van der Waals surface area (Å²) in [4.78, 5) is 28.3. The van der Waals surface area contributed by atoms with E-state index in [9.17, 15) is 31.5 Å². The minimum atomic E-state index is -4.52. The summed E-state index contributed by atoms with van der Waals surface area (Å²) in [5, 5.41) is 0.0517. The highest BCUT2D eigenvalue weighted by Crippen LogP contribution is 2.30. The lowest BCUT2D eigenvalue weighted by Gasteiger charge is -2.26. The molecule has 9 heteroatoms. The van der Waals surface area contributed by atoms with Gasteiger partial charge in [0.05, 0.1) is 17.0 Å². The van der Waals surface area contributed by atoms with Crippen molar-refractivity contribution in [3.05, 3.63) is 81.3 Å². The molecule has 0 spiro atoms. The summed E-state index contributed by atoms with van der Waals surface area (Å²) in [5.74, 6) is -2.90. The van der Waals surface area contributed by atoms with Gasteiger partial charge >= 0.3 is 6.18 Å². The van der Waals surface area contributed by atoms with Crippen molar-refractivity contribution < 1.29 is 26.7 Å². The van der Waals surface area contributed by atoms with Gasteiger partial charge in [-0.2, -0.15) is 13.2 Å². The van der Waals surface area contributed by atoms with Crippen molar-refractivity contribution in [1.82, 2.24) is 9.88 Å². The Morgan fingerprint density at radius 3 is 2.14 bits per heavy atom. The van der Waals surface area contributed by atoms with Gasteiger partial charge in [-0.15, -0.1) is 0 Å². The molecule has 1 amide bonds. The van der Waals surface area contributed by atoms with E-state index in [0.717, 1.165) is 36.4 Å². The lowest BCUT2D eigenvalue weighted by atomic mass is 10.0. The van der Waals surface area contributed by atoms with E-state index in [-0.39, 0.29) is 16.3 Å². The van der Waals surface area contributed by atoms with Crippen LogP contribution in [-0.4, -0.2) is 22.8 Å². The van der Waals surface area contributed by atoms with Gasteiger partial charge in [-0.1, -0.05) is 0 Å². The zero-order valence-electron chi connectivity index (χ0n) is 15.3. The summed E-state index contributed by atoms with van der Waals surface area (Å²) in [5.41, 5.74) is -1.12. The highest BCUT2D eigenvalue weighted by Gasteiger charge is 2.30. The van der Waals surface area contributed by atoms with Gasteiger partial charge < -0.3 is 9.88 Å². The SMILES string of the molecule is C[C@H](c1c[nH]c(=O)c2cc(F)c(F)cc12)N(C)C(=O)c1ccc(C(F)(F)F)cc1. The summed E-state index contributed by atoms with van der Waals surface area (Å²) >= 11 is 0. The third-order valence-corrected chi connectivity index (χ3v) is 4.79. The number of carbonyl (C=O) groups is 1. The average molecular weight is 410 g/mol. The molecule has 0 aliphatic carbocycles. The predicted molar refractivity (Wildman–Crippen MR) is 96.4 cm³/mol. The summed E-state index contributed by atoms with van der Waals surface area (Å²) in [6.45, 7) is 1.59. The van der Waals surface area contributed by atoms with Crippen molar-refractivity contribution in [2.45, 2.75) is 19.1 Å². The Balaban J connectivity index is 1.97. The normalized spacial score (nSPS) is 12.8. The van der Waals surface area contributed by atoms with E-state index in [4.69, 9.17) is 0 Å². The van der Waals surface area contributed by atoms with Crippen LogP contribution in [0.25, 0.3) is 10.8 Å². The number of nitrogens with one attached hydrogen (secondary N) is 1. The Bertz CT molecular complexity index is 1140. The van der Waals surface area contributed by atoms with Crippen LogP contribution in [-0.2, 0) is 6.18 Å². The molecule has 1 heterocycles. The fraction of sp³-hybridized carbons (Fsp3) is 0.200. The number of rotatable bonds is 3. The monoisotopic (exact) mass is 410 g/mol. The Morgan fingerprint density at radius 1 is 1.03 bits per heavy atom. The Labute approximate surface area is 161 Å². The number of alkyl halides is 3. The van der Waals surface area contributed by atoms with Gasteiger partial charge in [0.25, 0.3) is 11.5 Å². The molecule has 2 aromatic carbocycles. The van der Waals surface area contributed by atoms with E-state index in [1.807, 2.05) is 0 Å². The largest absolute Gasteiger partial charge is 0.416 e. The molecule has 3 aromatic rings. The van der Waals surface area contributed by atoms with Gasteiger partial charge in [-0.3, -0.25) is 9.59 Å². The van der Waals surface area contributed by atoms with Crippen molar-refractivity contribution in [1.29, 1.82) is 0 Å². The minimum absolute atomic E-state index is 0.0262. The van der Waals surface area contributed by atoms with E-state index in [1.54, 1.807) is 6.92 Å². The number of H-pyrrole nitrogens is 1. The van der Waals surface area contributed by atoms with Crippen LogP contribution in [0.5, 0.6) is 0 Å². The van der Waals surface area contributed by atoms with Crippen LogP contribution in [0, 0.1) is 11.6 Å². The number of amides is 1. The zero-order chi connectivity index (χ0) is 21.5. The molecule has 0 saturated heterocycles. The smallest absolute Gasteiger partial charge is 0.335 e. The van der Waals surface area contributed by atoms with Crippen molar-refractivity contribution in [3.63, 3.8) is 0 Å². The first-order valence-electron chi connectivity index (χ1n) is 8.45. The van der Waals surface area contributed by atoms with E-state index in [0.29, 0.717) is 5.56 Å². The Kier molecular flexibility index (Phi) is 5.16. The van der Waals surface area contributed by atoms with Gasteiger partial charge in [0, 0.05) is 18.8 Å². The summed E-state index contributed by atoms with van der Waals surface area (Å²) in [6.07, 6.45) is -3.22. The van der Waals surface area contributed by atoms with Crippen molar-refractivity contribution in [2.24, 2.45) is 0 Å². The van der Waals surface area contributed by atoms with Crippen LogP contribution in [0.1, 0.15) is 34.5 Å². The van der Waals surface area contributed by atoms with Crippen LogP contribution in [0.4, 0.5) is 22.0 Å². The first-order valence-corrected chi connectivity index (χ1v) is 8.45. The molecule has 0 saturated carbocycles. The number of nitrogens with zero attached hydrogens (tertiary/aromatic N) is 1. The Morgan fingerprint density at radius 2 is 1.59 bits per heavy atom. The van der Waals surface area contributed by atoms with E-state index in [2.05, 4.69) is 4.98 Å². The Hall–Kier alpha value is -3.23. The average Bonchev–Trinajstić information content (AvgIpc) is 2.67. The van der Waals surface area contributed by atoms with Crippen LogP contribution in [0.2, 0.25) is 0 Å². The van der Waals surface area contributed by atoms with Gasteiger partial charge in [0.15, 0.2) is 11.6 Å². The van der Waals surface area contributed by atoms with Gasteiger partial charge in [-0.25, -0.2) is 8.78 Å². The van der Waals surface area contributed by atoms with Gasteiger partial charge in [-0.05, 0) is 54.3 Å². The number of benzene rings is 2. The molecule has 0 aliphatic heterocycles. The summed E-state index contributed by atoms with van der Waals surface area (Å²) in [6, 6.07) is 4.69. The molecule has 1 N–H and O–H groups in total. The molecule has 1 atom stereocenters. The maximum Gasteiger partial charge on any atom is 0.416 e. The second-order valence-corrected chi connectivity index (χ2v) is 6.55. The standard InChI is InChI=1S/C20H15F5N2O2/c1-10(15-9-26-18(28)14-8-17(22)16(21)7-13(14)15)27(2)19(29)11-3-5-12(6-4-11)20(23,24)25/h3-10H,1-2H3,(H,26,28)/t10-/m1/s1. The molecule has 0 unspecified atom stereocenters. The third-order valence-electron chi connectivity index (χ3n) is 4.79. The minimum Gasteiger partial charge on any atom is -0.335 e. The first kappa shape index (κ1) is 20.5. The number of aromatic amines is 1. The molecule has 29 heavy (non-hydrogen) atoms. The highest BCUT2D eigenvalue weighted by molar-refractivity contribution is 5.95. The number of halogens is 5. The van der Waals surface area contributed by atoms with E-state index < -0.39 is 40.9 Å². The molecule has 4 nitrogen and oxygen atoms in total. The highest BCUT2D eigenvalue weighted by atomic mass is 19.4. The molecule has 0 bridgehead atoms.